The number of nitrogens with zero attached hydrogens (tertiary/aromatic N) is 2. The third-order valence-corrected chi connectivity index (χ3v) is 6.51. The summed E-state index contributed by atoms with van der Waals surface area (Å²) < 4.78 is 26.8. The van der Waals surface area contributed by atoms with Crippen LogP contribution in [0.4, 0.5) is 4.39 Å². The zero-order chi connectivity index (χ0) is 22.9. The Balaban J connectivity index is 1.29. The molecule has 1 aliphatic rings. The highest BCUT2D eigenvalue weighted by Crippen LogP contribution is 2.35. The summed E-state index contributed by atoms with van der Waals surface area (Å²) in [5, 5.41) is 4.94. The summed E-state index contributed by atoms with van der Waals surface area (Å²) in [4.78, 5) is 18.1. The molecule has 1 N–H and O–H groups in total. The lowest BCUT2D eigenvalue weighted by Gasteiger charge is -2.13. The SMILES string of the molecule is CCOc1cc2c(cc1CNC(=O)Cc1csc3nc(-c4ccc(F)cc4)cn13)O[C@@H](C)C2. The van der Waals surface area contributed by atoms with Gasteiger partial charge >= 0.3 is 0 Å². The summed E-state index contributed by atoms with van der Waals surface area (Å²) in [5.74, 6) is 1.27. The van der Waals surface area contributed by atoms with E-state index in [2.05, 4.69) is 10.3 Å². The van der Waals surface area contributed by atoms with E-state index < -0.39 is 0 Å². The van der Waals surface area contributed by atoms with Crippen molar-refractivity contribution in [2.45, 2.75) is 39.3 Å². The summed E-state index contributed by atoms with van der Waals surface area (Å²) in [6.07, 6.45) is 3.12. The Kier molecular flexibility index (Phi) is 5.76. The average Bonchev–Trinajstić information content (AvgIpc) is 3.47. The number of imidazole rings is 1. The van der Waals surface area contributed by atoms with Crippen LogP contribution in [0.25, 0.3) is 16.2 Å². The molecule has 1 atom stereocenters. The summed E-state index contributed by atoms with van der Waals surface area (Å²) in [6, 6.07) is 10.2. The van der Waals surface area contributed by atoms with Gasteiger partial charge in [0.05, 0.1) is 18.7 Å². The van der Waals surface area contributed by atoms with Crippen LogP contribution in [0.5, 0.6) is 11.5 Å². The van der Waals surface area contributed by atoms with Crippen LogP contribution in [0.1, 0.15) is 30.7 Å². The molecule has 0 aliphatic carbocycles. The Morgan fingerprint density at radius 1 is 1.33 bits per heavy atom. The normalized spacial score (nSPS) is 14.8. The number of benzene rings is 2. The van der Waals surface area contributed by atoms with E-state index in [0.29, 0.717) is 13.2 Å². The summed E-state index contributed by atoms with van der Waals surface area (Å²) >= 11 is 1.47. The number of thiazole rings is 1. The Morgan fingerprint density at radius 2 is 2.15 bits per heavy atom. The van der Waals surface area contributed by atoms with Crippen molar-refractivity contribution >= 4 is 22.2 Å². The Labute approximate surface area is 195 Å². The largest absolute Gasteiger partial charge is 0.494 e. The lowest BCUT2D eigenvalue weighted by Crippen LogP contribution is -2.25. The molecule has 0 radical (unpaired) electrons. The third-order valence-electron chi connectivity index (χ3n) is 5.62. The molecule has 0 spiro atoms. The van der Waals surface area contributed by atoms with Crippen molar-refractivity contribution < 1.29 is 18.7 Å². The molecule has 6 nitrogen and oxygen atoms in total. The maximum atomic E-state index is 13.2. The van der Waals surface area contributed by atoms with Crippen LogP contribution < -0.4 is 14.8 Å². The number of ether oxygens (including phenoxy) is 2. The van der Waals surface area contributed by atoms with Crippen LogP contribution >= 0.6 is 11.3 Å². The van der Waals surface area contributed by atoms with Crippen molar-refractivity contribution in [3.63, 3.8) is 0 Å². The number of hydrogen-bond donors (Lipinski definition) is 1. The molecule has 8 heteroatoms. The Hall–Kier alpha value is -3.39. The maximum Gasteiger partial charge on any atom is 0.226 e. The highest BCUT2D eigenvalue weighted by Gasteiger charge is 2.22. The number of carbonyl (C=O) groups is 1. The van der Waals surface area contributed by atoms with Crippen LogP contribution in [0, 0.1) is 5.82 Å². The molecule has 1 aliphatic heterocycles. The molecule has 4 aromatic rings. The van der Waals surface area contributed by atoms with Crippen molar-refractivity contribution in [1.29, 1.82) is 0 Å². The lowest BCUT2D eigenvalue weighted by atomic mass is 10.1. The first kappa shape index (κ1) is 21.5. The number of amides is 1. The van der Waals surface area contributed by atoms with Gasteiger partial charge in [0.25, 0.3) is 0 Å². The quantitative estimate of drug-likeness (QED) is 0.427. The standard InChI is InChI=1S/C25H24FN3O3S/c1-3-31-22-9-17-8-15(2)32-23(17)10-18(22)12-27-24(30)11-20-14-33-25-28-21(13-29(20)25)16-4-6-19(26)7-5-16/h4-7,9-10,13-15H,3,8,11-12H2,1-2H3,(H,27,30)/t15-/m0/s1. The second kappa shape index (κ2) is 8.86. The molecule has 2 aromatic carbocycles. The molecule has 0 bridgehead atoms. The van der Waals surface area contributed by atoms with Crippen molar-refractivity contribution in [3.05, 3.63) is 70.6 Å². The van der Waals surface area contributed by atoms with Crippen LogP contribution in [0.2, 0.25) is 0 Å². The minimum atomic E-state index is -0.283. The van der Waals surface area contributed by atoms with Gasteiger partial charge in [0.15, 0.2) is 4.96 Å². The molecule has 0 saturated heterocycles. The topological polar surface area (TPSA) is 64.9 Å². The zero-order valence-corrected chi connectivity index (χ0v) is 19.2. The van der Waals surface area contributed by atoms with E-state index in [1.807, 2.05) is 42.0 Å². The van der Waals surface area contributed by atoms with Crippen LogP contribution in [0.3, 0.4) is 0 Å². The zero-order valence-electron chi connectivity index (χ0n) is 18.4. The first-order chi connectivity index (χ1) is 16.0. The highest BCUT2D eigenvalue weighted by atomic mass is 32.1. The van der Waals surface area contributed by atoms with Crippen LogP contribution in [0.15, 0.2) is 48.0 Å². The summed E-state index contributed by atoms with van der Waals surface area (Å²) in [7, 11) is 0. The van der Waals surface area contributed by atoms with Crippen LogP contribution in [-0.2, 0) is 24.2 Å². The molecule has 1 amide bonds. The van der Waals surface area contributed by atoms with Gasteiger partial charge in [0.2, 0.25) is 5.91 Å². The molecule has 33 heavy (non-hydrogen) atoms. The molecular formula is C25H24FN3O3S. The van der Waals surface area contributed by atoms with Crippen LogP contribution in [-0.4, -0.2) is 28.0 Å². The monoisotopic (exact) mass is 465 g/mol. The lowest BCUT2D eigenvalue weighted by molar-refractivity contribution is -0.120. The number of carbonyl (C=O) groups excluding carboxylic acids is 1. The minimum absolute atomic E-state index is 0.0936. The fourth-order valence-corrected chi connectivity index (χ4v) is 4.92. The first-order valence-electron chi connectivity index (χ1n) is 10.9. The number of halogens is 1. The van der Waals surface area contributed by atoms with E-state index in [1.54, 1.807) is 12.1 Å². The summed E-state index contributed by atoms with van der Waals surface area (Å²) in [6.45, 7) is 4.90. The molecule has 0 saturated carbocycles. The number of rotatable bonds is 7. The van der Waals surface area contributed by atoms with Gasteiger partial charge in [0, 0.05) is 46.9 Å². The van der Waals surface area contributed by atoms with E-state index >= 15 is 0 Å². The molecule has 2 aromatic heterocycles. The highest BCUT2D eigenvalue weighted by molar-refractivity contribution is 7.15. The first-order valence-corrected chi connectivity index (χ1v) is 11.8. The van der Waals surface area contributed by atoms with E-state index in [4.69, 9.17) is 9.47 Å². The van der Waals surface area contributed by atoms with Gasteiger partial charge in [-0.25, -0.2) is 9.37 Å². The summed E-state index contributed by atoms with van der Waals surface area (Å²) in [5.41, 5.74) is 4.47. The Morgan fingerprint density at radius 3 is 2.94 bits per heavy atom. The van der Waals surface area contributed by atoms with Gasteiger partial charge in [-0.2, -0.15) is 0 Å². The molecule has 3 heterocycles. The number of nitrogens with one attached hydrogen (secondary N) is 1. The van der Waals surface area contributed by atoms with E-state index in [0.717, 1.165) is 51.0 Å². The van der Waals surface area contributed by atoms with E-state index in [1.165, 1.54) is 23.5 Å². The molecule has 0 fully saturated rings. The fourth-order valence-electron chi connectivity index (χ4n) is 4.05. The second-order valence-corrected chi connectivity index (χ2v) is 8.94. The second-order valence-electron chi connectivity index (χ2n) is 8.10. The average molecular weight is 466 g/mol. The van der Waals surface area contributed by atoms with Crippen molar-refractivity contribution in [3.8, 4) is 22.8 Å². The van der Waals surface area contributed by atoms with Gasteiger partial charge in [-0.15, -0.1) is 11.3 Å². The molecule has 170 valence electrons. The van der Waals surface area contributed by atoms with Crippen molar-refractivity contribution in [2.24, 2.45) is 0 Å². The Bertz CT molecular complexity index is 1310. The van der Waals surface area contributed by atoms with Gasteiger partial charge in [-0.1, -0.05) is 0 Å². The maximum absolute atomic E-state index is 13.2. The third kappa shape index (κ3) is 4.43. The predicted molar refractivity (Wildman–Crippen MR) is 125 cm³/mol. The van der Waals surface area contributed by atoms with E-state index in [-0.39, 0.29) is 24.2 Å². The number of hydrogen-bond acceptors (Lipinski definition) is 5. The van der Waals surface area contributed by atoms with E-state index in [9.17, 15) is 9.18 Å². The number of aromatic nitrogens is 2. The molecule has 0 unspecified atom stereocenters. The smallest absolute Gasteiger partial charge is 0.226 e. The predicted octanol–water partition coefficient (Wildman–Crippen LogP) is 4.78. The minimum Gasteiger partial charge on any atom is -0.494 e. The molecular weight excluding hydrogens is 441 g/mol. The van der Waals surface area contributed by atoms with Gasteiger partial charge in [-0.3, -0.25) is 9.20 Å². The van der Waals surface area contributed by atoms with Gasteiger partial charge in [-0.05, 0) is 50.2 Å². The van der Waals surface area contributed by atoms with Gasteiger partial charge < -0.3 is 14.8 Å². The van der Waals surface area contributed by atoms with Crippen molar-refractivity contribution in [1.82, 2.24) is 14.7 Å². The van der Waals surface area contributed by atoms with Crippen molar-refractivity contribution in [2.75, 3.05) is 6.61 Å². The van der Waals surface area contributed by atoms with Gasteiger partial charge in [0.1, 0.15) is 23.4 Å². The number of fused-ring (bicyclic) bond motifs is 2. The molecule has 5 rings (SSSR count). The fraction of sp³-hybridized carbons (Fsp3) is 0.280.